The van der Waals surface area contributed by atoms with Crippen LogP contribution < -0.4 is 11.1 Å². The van der Waals surface area contributed by atoms with Gasteiger partial charge in [0, 0.05) is 30.9 Å². The predicted octanol–water partition coefficient (Wildman–Crippen LogP) is 1.19. The van der Waals surface area contributed by atoms with E-state index in [1.807, 2.05) is 25.1 Å². The fourth-order valence-corrected chi connectivity index (χ4v) is 4.32. The number of amidine groups is 1. The molecule has 0 bridgehead atoms. The van der Waals surface area contributed by atoms with Crippen LogP contribution in [0, 0.1) is 24.7 Å². The predicted molar refractivity (Wildman–Crippen MR) is 126 cm³/mol. The van der Waals surface area contributed by atoms with Crippen molar-refractivity contribution in [1.82, 2.24) is 15.0 Å². The van der Waals surface area contributed by atoms with E-state index in [2.05, 4.69) is 50.7 Å². The number of hydrogen-bond donors (Lipinski definition) is 2. The second-order valence-electron chi connectivity index (χ2n) is 8.59. The van der Waals surface area contributed by atoms with Gasteiger partial charge >= 0.3 is 0 Å². The number of aliphatic imine (C=N–C) groups is 2. The standard InChI is InChI=1S/C23H28N8O/c1-15-5-7-18(27-16(2)30-9-4-10-32-30)11-17(15)6-8-20-21-22(24)25-14-26-23(21)31(28-20)19-12-29(3)13-19/h5,7,11,14,19,21,23,27H,2,4,9-10,12-13H2,1,3H3,(H2,24,25,26). The Morgan fingerprint density at radius 2 is 2.16 bits per heavy atom. The fourth-order valence-electron chi connectivity index (χ4n) is 4.32. The summed E-state index contributed by atoms with van der Waals surface area (Å²) in [5.74, 6) is 7.61. The average Bonchev–Trinajstić information content (AvgIpc) is 3.41. The Morgan fingerprint density at radius 3 is 2.91 bits per heavy atom. The molecular formula is C23H28N8O. The molecule has 0 spiro atoms. The van der Waals surface area contributed by atoms with E-state index in [9.17, 15) is 0 Å². The van der Waals surface area contributed by atoms with Gasteiger partial charge in [-0.25, -0.2) is 15.0 Å². The third-order valence-electron chi connectivity index (χ3n) is 6.16. The van der Waals surface area contributed by atoms with Gasteiger partial charge in [-0.15, -0.1) is 0 Å². The molecule has 0 aromatic heterocycles. The molecule has 4 heterocycles. The molecular weight excluding hydrogens is 404 g/mol. The van der Waals surface area contributed by atoms with E-state index < -0.39 is 0 Å². The lowest BCUT2D eigenvalue weighted by Gasteiger charge is -2.43. The van der Waals surface area contributed by atoms with Crippen LogP contribution in [0.5, 0.6) is 0 Å². The summed E-state index contributed by atoms with van der Waals surface area (Å²) in [4.78, 5) is 16.6. The van der Waals surface area contributed by atoms with Crippen LogP contribution in [-0.2, 0) is 4.84 Å². The monoisotopic (exact) mass is 432 g/mol. The van der Waals surface area contributed by atoms with Gasteiger partial charge in [-0.2, -0.15) is 5.10 Å². The van der Waals surface area contributed by atoms with E-state index >= 15 is 0 Å². The van der Waals surface area contributed by atoms with Gasteiger partial charge in [0.05, 0.1) is 12.6 Å². The lowest BCUT2D eigenvalue weighted by Crippen LogP contribution is -2.58. The zero-order chi connectivity index (χ0) is 22.2. The molecule has 32 heavy (non-hydrogen) atoms. The normalized spacial score (nSPS) is 24.9. The molecule has 0 amide bonds. The molecule has 166 valence electrons. The number of nitrogens with zero attached hydrogens (tertiary/aromatic N) is 6. The number of aryl methyl sites for hydroxylation is 1. The highest BCUT2D eigenvalue weighted by molar-refractivity contribution is 6.17. The first-order valence-corrected chi connectivity index (χ1v) is 10.9. The molecule has 3 N–H and O–H groups in total. The maximum Gasteiger partial charge on any atom is 0.155 e. The molecule has 5 rings (SSSR count). The highest BCUT2D eigenvalue weighted by Crippen LogP contribution is 2.30. The summed E-state index contributed by atoms with van der Waals surface area (Å²) in [7, 11) is 2.10. The van der Waals surface area contributed by atoms with Crippen LogP contribution in [0.3, 0.4) is 0 Å². The van der Waals surface area contributed by atoms with Crippen molar-refractivity contribution in [3.8, 4) is 11.8 Å². The van der Waals surface area contributed by atoms with Gasteiger partial charge in [0.2, 0.25) is 0 Å². The fraction of sp³-hybridized carbons (Fsp3) is 0.435. The molecule has 9 heteroatoms. The van der Waals surface area contributed by atoms with Crippen molar-refractivity contribution in [1.29, 1.82) is 0 Å². The Bertz CT molecular complexity index is 1070. The molecule has 2 atom stereocenters. The van der Waals surface area contributed by atoms with Crippen molar-refractivity contribution < 1.29 is 4.84 Å². The minimum atomic E-state index is -0.202. The zero-order valence-corrected chi connectivity index (χ0v) is 18.5. The highest BCUT2D eigenvalue weighted by atomic mass is 16.7. The first-order chi connectivity index (χ1) is 15.5. The summed E-state index contributed by atoms with van der Waals surface area (Å²) in [5.41, 5.74) is 9.87. The second kappa shape index (κ2) is 8.30. The van der Waals surface area contributed by atoms with Gasteiger partial charge in [-0.1, -0.05) is 18.6 Å². The van der Waals surface area contributed by atoms with Gasteiger partial charge in [0.1, 0.15) is 29.6 Å². The number of likely N-dealkylation sites (N-methyl/N-ethyl adjacent to an activating group) is 1. The maximum absolute atomic E-state index is 6.23. The molecule has 0 aliphatic carbocycles. The number of anilines is 1. The Balaban J connectivity index is 1.38. The van der Waals surface area contributed by atoms with Crippen LogP contribution in [0.4, 0.5) is 5.69 Å². The molecule has 2 fully saturated rings. The smallest absolute Gasteiger partial charge is 0.155 e. The molecule has 4 aliphatic rings. The first kappa shape index (κ1) is 20.5. The third-order valence-corrected chi connectivity index (χ3v) is 6.16. The lowest BCUT2D eigenvalue weighted by atomic mass is 9.97. The molecule has 0 saturated carbocycles. The molecule has 1 aromatic rings. The van der Waals surface area contributed by atoms with Crippen LogP contribution >= 0.6 is 0 Å². The van der Waals surface area contributed by atoms with Crippen LogP contribution in [0.1, 0.15) is 17.5 Å². The van der Waals surface area contributed by atoms with E-state index in [4.69, 9.17) is 15.7 Å². The minimum Gasteiger partial charge on any atom is -0.386 e. The largest absolute Gasteiger partial charge is 0.386 e. The minimum absolute atomic E-state index is 0.159. The summed E-state index contributed by atoms with van der Waals surface area (Å²) < 4.78 is 0. The summed E-state index contributed by atoms with van der Waals surface area (Å²) in [6.45, 7) is 9.59. The van der Waals surface area contributed by atoms with Crippen LogP contribution in [0.25, 0.3) is 0 Å². The van der Waals surface area contributed by atoms with Crippen molar-refractivity contribution in [2.45, 2.75) is 25.6 Å². The number of rotatable bonds is 4. The number of hydrogen-bond acceptors (Lipinski definition) is 9. The van der Waals surface area contributed by atoms with E-state index in [0.717, 1.165) is 61.0 Å². The van der Waals surface area contributed by atoms with Crippen molar-refractivity contribution in [2.75, 3.05) is 38.6 Å². The van der Waals surface area contributed by atoms with Crippen LogP contribution in [0.2, 0.25) is 0 Å². The quantitative estimate of drug-likeness (QED) is 0.695. The topological polar surface area (TPSA) is 94.1 Å². The van der Waals surface area contributed by atoms with Gasteiger partial charge in [-0.05, 0) is 44.0 Å². The number of fused-ring (bicyclic) bond motifs is 1. The Morgan fingerprint density at radius 1 is 1.31 bits per heavy atom. The SMILES string of the molecule is C=C(Nc1ccc(C)c(C#CC2=NN(C3CN(C)C3)C3N=CN=C(N)C23)c1)N1CCCO1. The van der Waals surface area contributed by atoms with Crippen molar-refractivity contribution in [2.24, 2.45) is 26.7 Å². The van der Waals surface area contributed by atoms with Gasteiger partial charge in [0.15, 0.2) is 6.17 Å². The summed E-state index contributed by atoms with van der Waals surface area (Å²) in [6, 6.07) is 6.40. The first-order valence-electron chi connectivity index (χ1n) is 10.9. The van der Waals surface area contributed by atoms with Crippen molar-refractivity contribution in [3.05, 3.63) is 41.7 Å². The molecule has 0 radical (unpaired) electrons. The average molecular weight is 433 g/mol. The zero-order valence-electron chi connectivity index (χ0n) is 18.5. The summed E-state index contributed by atoms with van der Waals surface area (Å²) in [5, 5.41) is 12.0. The lowest BCUT2D eigenvalue weighted by molar-refractivity contribution is -0.0767. The number of nitrogens with one attached hydrogen (secondary N) is 1. The number of nitrogens with two attached hydrogens (primary N) is 1. The maximum atomic E-state index is 6.23. The number of hydrazone groups is 1. The number of likely N-dealkylation sites (tertiary alicyclic amines) is 1. The van der Waals surface area contributed by atoms with Crippen LogP contribution in [0.15, 0.2) is 45.7 Å². The molecule has 2 saturated heterocycles. The molecule has 2 unspecified atom stereocenters. The van der Waals surface area contributed by atoms with E-state index in [0.29, 0.717) is 11.9 Å². The Labute approximate surface area is 188 Å². The van der Waals surface area contributed by atoms with E-state index in [-0.39, 0.29) is 12.1 Å². The summed E-state index contributed by atoms with van der Waals surface area (Å²) in [6.07, 6.45) is 2.38. The third kappa shape index (κ3) is 3.83. The molecule has 4 aliphatic heterocycles. The van der Waals surface area contributed by atoms with E-state index in [1.54, 1.807) is 5.06 Å². The summed E-state index contributed by atoms with van der Waals surface area (Å²) >= 11 is 0. The van der Waals surface area contributed by atoms with Crippen LogP contribution in [-0.4, -0.2) is 78.4 Å². The number of benzene rings is 1. The van der Waals surface area contributed by atoms with E-state index in [1.165, 1.54) is 6.34 Å². The Kier molecular flexibility index (Phi) is 5.33. The number of hydroxylamine groups is 2. The Hall–Kier alpha value is -3.35. The second-order valence-corrected chi connectivity index (χ2v) is 8.59. The van der Waals surface area contributed by atoms with Gasteiger partial charge < -0.3 is 16.0 Å². The highest BCUT2D eigenvalue weighted by Gasteiger charge is 2.45. The van der Waals surface area contributed by atoms with Gasteiger partial charge in [-0.3, -0.25) is 9.85 Å². The molecule has 1 aromatic carbocycles. The molecule has 9 nitrogen and oxygen atoms in total. The van der Waals surface area contributed by atoms with Gasteiger partial charge in [0.25, 0.3) is 0 Å². The van der Waals surface area contributed by atoms with Crippen molar-refractivity contribution in [3.63, 3.8) is 0 Å². The van der Waals surface area contributed by atoms with Crippen molar-refractivity contribution >= 4 is 23.6 Å².